The average Bonchev–Trinajstić information content (AvgIpc) is 2.85. The van der Waals surface area contributed by atoms with E-state index in [0.717, 1.165) is 60.7 Å². The number of anilines is 1. The summed E-state index contributed by atoms with van der Waals surface area (Å²) in [6, 6.07) is 15.8. The summed E-state index contributed by atoms with van der Waals surface area (Å²) in [5.41, 5.74) is 2.91. The van der Waals surface area contributed by atoms with Crippen LogP contribution in [0.3, 0.4) is 0 Å². The largest absolute Gasteiger partial charge is 0.497 e. The number of rotatable bonds is 7. The molecular formula is C24H27N5O2. The number of nitrogens with one attached hydrogen (secondary N) is 1. The van der Waals surface area contributed by atoms with E-state index < -0.39 is 0 Å². The molecule has 1 fully saturated rings. The van der Waals surface area contributed by atoms with Gasteiger partial charge in [0.1, 0.15) is 5.75 Å². The van der Waals surface area contributed by atoms with Crippen molar-refractivity contribution in [2.45, 2.75) is 19.3 Å². The number of carbonyl (C=O) groups excluding carboxylic acids is 1. The molecule has 0 atom stereocenters. The summed E-state index contributed by atoms with van der Waals surface area (Å²) >= 11 is 0. The molecule has 0 spiro atoms. The molecule has 3 heterocycles. The first-order chi connectivity index (χ1) is 15.2. The van der Waals surface area contributed by atoms with Crippen molar-refractivity contribution in [1.29, 1.82) is 0 Å². The Bertz CT molecular complexity index is 986. The predicted octanol–water partition coefficient (Wildman–Crippen LogP) is 3.12. The number of nitrogens with zero attached hydrogens (tertiary/aromatic N) is 4. The van der Waals surface area contributed by atoms with Gasteiger partial charge in [-0.25, -0.2) is 0 Å². The van der Waals surface area contributed by atoms with E-state index in [9.17, 15) is 4.79 Å². The first kappa shape index (κ1) is 20.8. The molecule has 4 rings (SSSR count). The highest BCUT2D eigenvalue weighted by Gasteiger charge is 2.25. The zero-order valence-corrected chi connectivity index (χ0v) is 17.7. The van der Waals surface area contributed by atoms with E-state index in [4.69, 9.17) is 4.74 Å². The zero-order valence-electron chi connectivity index (χ0n) is 17.7. The van der Waals surface area contributed by atoms with Crippen molar-refractivity contribution in [2.75, 3.05) is 31.6 Å². The van der Waals surface area contributed by atoms with Crippen molar-refractivity contribution < 1.29 is 9.53 Å². The van der Waals surface area contributed by atoms with Gasteiger partial charge >= 0.3 is 0 Å². The normalized spacial score (nSPS) is 14.3. The number of hydrogen-bond acceptors (Lipinski definition) is 6. The highest BCUT2D eigenvalue weighted by molar-refractivity contribution is 5.79. The van der Waals surface area contributed by atoms with Gasteiger partial charge in [-0.1, -0.05) is 12.1 Å². The number of aromatic nitrogens is 3. The van der Waals surface area contributed by atoms with E-state index in [1.807, 2.05) is 48.5 Å². The van der Waals surface area contributed by atoms with E-state index in [1.165, 1.54) is 0 Å². The van der Waals surface area contributed by atoms with E-state index in [1.54, 1.807) is 19.5 Å². The highest BCUT2D eigenvalue weighted by Crippen LogP contribution is 2.23. The molecule has 1 aliphatic heterocycles. The number of pyridine rings is 1. The third-order valence-corrected chi connectivity index (χ3v) is 5.64. The van der Waals surface area contributed by atoms with Crippen molar-refractivity contribution in [3.8, 4) is 17.0 Å². The van der Waals surface area contributed by atoms with Gasteiger partial charge in [-0.15, -0.1) is 10.2 Å². The molecule has 3 aromatic rings. The minimum absolute atomic E-state index is 0.0455. The van der Waals surface area contributed by atoms with Crippen molar-refractivity contribution in [2.24, 2.45) is 5.92 Å². The van der Waals surface area contributed by atoms with E-state index >= 15 is 0 Å². The third-order valence-electron chi connectivity index (χ3n) is 5.64. The molecular weight excluding hydrogens is 390 g/mol. The first-order valence-corrected chi connectivity index (χ1v) is 10.6. The van der Waals surface area contributed by atoms with Crippen LogP contribution in [0.2, 0.25) is 0 Å². The molecule has 0 aliphatic carbocycles. The monoisotopic (exact) mass is 417 g/mol. The summed E-state index contributed by atoms with van der Waals surface area (Å²) in [5, 5.41) is 11.8. The lowest BCUT2D eigenvalue weighted by atomic mass is 9.96. The van der Waals surface area contributed by atoms with Crippen LogP contribution in [0, 0.1) is 5.92 Å². The molecule has 2 aromatic heterocycles. The molecule has 0 unspecified atom stereocenters. The topological polar surface area (TPSA) is 80.2 Å². The van der Waals surface area contributed by atoms with Crippen LogP contribution in [-0.2, 0) is 11.2 Å². The average molecular weight is 418 g/mol. The minimum atomic E-state index is 0.0455. The highest BCUT2D eigenvalue weighted by atomic mass is 16.5. The summed E-state index contributed by atoms with van der Waals surface area (Å²) < 4.78 is 5.25. The number of carbonyl (C=O) groups is 1. The van der Waals surface area contributed by atoms with Crippen molar-refractivity contribution in [3.05, 3.63) is 66.5 Å². The summed E-state index contributed by atoms with van der Waals surface area (Å²) in [6.07, 6.45) is 5.95. The predicted molar refractivity (Wildman–Crippen MR) is 120 cm³/mol. The molecule has 7 nitrogen and oxygen atoms in total. The van der Waals surface area contributed by atoms with E-state index in [0.29, 0.717) is 6.54 Å². The second-order valence-corrected chi connectivity index (χ2v) is 7.67. The maximum Gasteiger partial charge on any atom is 0.223 e. The second kappa shape index (κ2) is 10.0. The van der Waals surface area contributed by atoms with Gasteiger partial charge in [0.15, 0.2) is 5.82 Å². The fourth-order valence-electron chi connectivity index (χ4n) is 3.84. The Balaban J connectivity index is 1.24. The molecule has 160 valence electrons. The van der Waals surface area contributed by atoms with Crippen molar-refractivity contribution in [1.82, 2.24) is 20.5 Å². The molecule has 1 aromatic carbocycles. The number of methoxy groups -OCH3 is 1. The van der Waals surface area contributed by atoms with Crippen LogP contribution in [0.1, 0.15) is 18.4 Å². The molecule has 1 aliphatic rings. The number of ether oxygens (including phenoxy) is 1. The van der Waals surface area contributed by atoms with Gasteiger partial charge in [0.05, 0.1) is 12.8 Å². The van der Waals surface area contributed by atoms with Gasteiger partial charge in [-0.2, -0.15) is 0 Å². The quantitative estimate of drug-likeness (QED) is 0.636. The van der Waals surface area contributed by atoms with Crippen molar-refractivity contribution >= 4 is 11.7 Å². The van der Waals surface area contributed by atoms with E-state index in [2.05, 4.69) is 25.4 Å². The number of piperidine rings is 1. The Morgan fingerprint density at radius 2 is 2.00 bits per heavy atom. The van der Waals surface area contributed by atoms with Crippen LogP contribution < -0.4 is 15.0 Å². The number of hydrogen-bond donors (Lipinski definition) is 1. The lowest BCUT2D eigenvalue weighted by Gasteiger charge is -2.31. The van der Waals surface area contributed by atoms with E-state index in [-0.39, 0.29) is 11.8 Å². The molecule has 0 radical (unpaired) electrons. The van der Waals surface area contributed by atoms with Crippen LogP contribution in [0.25, 0.3) is 11.3 Å². The van der Waals surface area contributed by atoms with Crippen molar-refractivity contribution in [3.63, 3.8) is 0 Å². The molecule has 1 N–H and O–H groups in total. The summed E-state index contributed by atoms with van der Waals surface area (Å²) in [5.74, 6) is 1.88. The smallest absolute Gasteiger partial charge is 0.223 e. The van der Waals surface area contributed by atoms with Gasteiger partial charge in [0.25, 0.3) is 0 Å². The summed E-state index contributed by atoms with van der Waals surface area (Å²) in [6.45, 7) is 2.23. The number of benzene rings is 1. The summed E-state index contributed by atoms with van der Waals surface area (Å²) in [7, 11) is 1.66. The fourth-order valence-corrected chi connectivity index (χ4v) is 3.84. The number of amides is 1. The molecule has 0 bridgehead atoms. The maximum atomic E-state index is 12.6. The molecule has 1 amide bonds. The lowest BCUT2D eigenvalue weighted by molar-refractivity contribution is -0.125. The minimum Gasteiger partial charge on any atom is -0.497 e. The Hall–Kier alpha value is -3.48. The second-order valence-electron chi connectivity index (χ2n) is 7.67. The summed E-state index contributed by atoms with van der Waals surface area (Å²) in [4.78, 5) is 18.9. The van der Waals surface area contributed by atoms with Crippen LogP contribution >= 0.6 is 0 Å². The lowest BCUT2D eigenvalue weighted by Crippen LogP contribution is -2.41. The van der Waals surface area contributed by atoms with Gasteiger partial charge in [-0.3, -0.25) is 9.78 Å². The van der Waals surface area contributed by atoms with Gasteiger partial charge in [-0.05, 0) is 61.2 Å². The molecule has 0 saturated carbocycles. The van der Waals surface area contributed by atoms with Crippen LogP contribution in [-0.4, -0.2) is 47.8 Å². The van der Waals surface area contributed by atoms with Crippen LogP contribution in [0.4, 0.5) is 5.82 Å². The Morgan fingerprint density at radius 3 is 2.71 bits per heavy atom. The fraction of sp³-hybridized carbons (Fsp3) is 0.333. The Morgan fingerprint density at radius 1 is 1.13 bits per heavy atom. The standard InChI is InChI=1S/C24H27N5O2/c1-31-21-6-2-4-18(16-21)9-13-26-24(30)19-10-14-29(15-11-19)23-8-7-22(27-28-23)20-5-3-12-25-17-20/h2-8,12,16-17,19H,9-11,13-15H2,1H3,(H,26,30). The Kier molecular flexibility index (Phi) is 6.72. The first-order valence-electron chi connectivity index (χ1n) is 10.6. The Labute approximate surface area is 182 Å². The van der Waals surface area contributed by atoms with Gasteiger partial charge in [0.2, 0.25) is 5.91 Å². The molecule has 7 heteroatoms. The molecule has 1 saturated heterocycles. The van der Waals surface area contributed by atoms with Gasteiger partial charge in [0, 0.05) is 43.5 Å². The maximum absolute atomic E-state index is 12.6. The SMILES string of the molecule is COc1cccc(CCNC(=O)C2CCN(c3ccc(-c4cccnc4)nn3)CC2)c1. The van der Waals surface area contributed by atoms with Crippen LogP contribution in [0.15, 0.2) is 60.9 Å². The van der Waals surface area contributed by atoms with Crippen LogP contribution in [0.5, 0.6) is 5.75 Å². The van der Waals surface area contributed by atoms with Gasteiger partial charge < -0.3 is 15.0 Å². The molecule has 31 heavy (non-hydrogen) atoms. The third kappa shape index (κ3) is 5.36. The zero-order chi connectivity index (χ0) is 21.5.